The Hall–Kier alpha value is -2.81. The van der Waals surface area contributed by atoms with E-state index in [4.69, 9.17) is 14.5 Å². The van der Waals surface area contributed by atoms with Crippen LogP contribution in [0.5, 0.6) is 0 Å². The van der Waals surface area contributed by atoms with Crippen molar-refractivity contribution in [3.8, 4) is 0 Å². The van der Waals surface area contributed by atoms with Crippen molar-refractivity contribution in [3.63, 3.8) is 0 Å². The van der Waals surface area contributed by atoms with Crippen molar-refractivity contribution in [1.82, 2.24) is 9.88 Å². The van der Waals surface area contributed by atoms with E-state index < -0.39 is 5.97 Å². The zero-order chi connectivity index (χ0) is 23.4. The van der Waals surface area contributed by atoms with Crippen molar-refractivity contribution < 1.29 is 19.1 Å². The standard InChI is InChI=1S/C25H29N3O4S/c1-17-9-10-18(2)22-21(17)26-25(33-22)28(12-6-11-27-13-15-32-16-14-27)23(29)19-7-4-5-8-20(19)24(30)31-3/h4-5,7-10H,6,11-16H2,1-3H3. The molecule has 0 bridgehead atoms. The molecule has 0 radical (unpaired) electrons. The number of methoxy groups -OCH3 is 1. The minimum atomic E-state index is -0.525. The topological polar surface area (TPSA) is 72.0 Å². The number of aryl methyl sites for hydroxylation is 2. The second kappa shape index (κ2) is 10.4. The number of nitrogens with zero attached hydrogens (tertiary/aromatic N) is 3. The number of esters is 1. The van der Waals surface area contributed by atoms with E-state index >= 15 is 0 Å². The van der Waals surface area contributed by atoms with Crippen molar-refractivity contribution >= 4 is 38.6 Å². The third-order valence-electron chi connectivity index (χ3n) is 5.93. The molecule has 0 N–H and O–H groups in total. The van der Waals surface area contributed by atoms with E-state index in [0.717, 1.165) is 60.6 Å². The zero-order valence-electron chi connectivity index (χ0n) is 19.3. The number of fused-ring (bicyclic) bond motifs is 1. The molecule has 8 heteroatoms. The first-order chi connectivity index (χ1) is 16.0. The fraction of sp³-hybridized carbons (Fsp3) is 0.400. The Morgan fingerprint density at radius 1 is 1.09 bits per heavy atom. The molecule has 33 heavy (non-hydrogen) atoms. The van der Waals surface area contributed by atoms with Crippen LogP contribution in [-0.4, -0.2) is 68.3 Å². The summed E-state index contributed by atoms with van der Waals surface area (Å²) in [7, 11) is 1.32. The molecule has 0 aliphatic carbocycles. The molecule has 174 valence electrons. The maximum atomic E-state index is 13.8. The maximum Gasteiger partial charge on any atom is 0.338 e. The van der Waals surface area contributed by atoms with Gasteiger partial charge in [0, 0.05) is 26.2 Å². The van der Waals surface area contributed by atoms with E-state index in [1.807, 2.05) is 6.92 Å². The van der Waals surface area contributed by atoms with Gasteiger partial charge in [-0.1, -0.05) is 35.6 Å². The van der Waals surface area contributed by atoms with Crippen LogP contribution in [-0.2, 0) is 9.47 Å². The largest absolute Gasteiger partial charge is 0.465 e. The second-order valence-corrected chi connectivity index (χ2v) is 9.15. The first-order valence-corrected chi connectivity index (χ1v) is 12.0. The van der Waals surface area contributed by atoms with Gasteiger partial charge in [0.15, 0.2) is 5.13 Å². The SMILES string of the molecule is COC(=O)c1ccccc1C(=O)N(CCCN1CCOCC1)c1nc2c(C)ccc(C)c2s1. The predicted molar refractivity (Wildman–Crippen MR) is 130 cm³/mol. The summed E-state index contributed by atoms with van der Waals surface area (Å²) in [5.41, 5.74) is 3.71. The fourth-order valence-corrected chi connectivity index (χ4v) is 5.16. The monoisotopic (exact) mass is 467 g/mol. The highest BCUT2D eigenvalue weighted by atomic mass is 32.1. The number of thiazole rings is 1. The molecule has 1 aliphatic heterocycles. The lowest BCUT2D eigenvalue weighted by Gasteiger charge is -2.28. The summed E-state index contributed by atoms with van der Waals surface area (Å²) in [6.45, 7) is 8.75. The number of aromatic nitrogens is 1. The average Bonchev–Trinajstić information content (AvgIpc) is 3.30. The lowest BCUT2D eigenvalue weighted by molar-refractivity contribution is 0.0376. The molecular formula is C25H29N3O4S. The van der Waals surface area contributed by atoms with E-state index in [1.165, 1.54) is 18.4 Å². The number of ether oxygens (including phenoxy) is 2. The van der Waals surface area contributed by atoms with Crippen LogP contribution in [0.2, 0.25) is 0 Å². The van der Waals surface area contributed by atoms with Crippen LogP contribution in [0.4, 0.5) is 5.13 Å². The molecule has 0 atom stereocenters. The Morgan fingerprint density at radius 2 is 1.79 bits per heavy atom. The van der Waals surface area contributed by atoms with Crippen molar-refractivity contribution in [2.75, 3.05) is 51.4 Å². The number of carbonyl (C=O) groups is 2. The lowest BCUT2D eigenvalue weighted by atomic mass is 10.1. The van der Waals surface area contributed by atoms with Gasteiger partial charge in [0.2, 0.25) is 0 Å². The average molecular weight is 468 g/mol. The molecule has 0 unspecified atom stereocenters. The summed E-state index contributed by atoms with van der Waals surface area (Å²) < 4.78 is 11.4. The Morgan fingerprint density at radius 3 is 2.48 bits per heavy atom. The van der Waals surface area contributed by atoms with E-state index in [-0.39, 0.29) is 11.5 Å². The van der Waals surface area contributed by atoms with Crippen LogP contribution < -0.4 is 4.90 Å². The molecule has 0 saturated carbocycles. The van der Waals surface area contributed by atoms with Gasteiger partial charge in [-0.25, -0.2) is 9.78 Å². The number of hydrogen-bond acceptors (Lipinski definition) is 7. The molecule has 1 saturated heterocycles. The summed E-state index contributed by atoms with van der Waals surface area (Å²) in [6.07, 6.45) is 0.792. The van der Waals surface area contributed by atoms with Gasteiger partial charge >= 0.3 is 5.97 Å². The summed E-state index contributed by atoms with van der Waals surface area (Å²) in [5, 5.41) is 0.647. The second-order valence-electron chi connectivity index (χ2n) is 8.18. The van der Waals surface area contributed by atoms with Crippen LogP contribution in [0.25, 0.3) is 10.2 Å². The van der Waals surface area contributed by atoms with Crippen LogP contribution in [0, 0.1) is 13.8 Å². The van der Waals surface area contributed by atoms with Gasteiger partial charge in [-0.2, -0.15) is 0 Å². The highest BCUT2D eigenvalue weighted by Crippen LogP contribution is 2.34. The number of amides is 1. The minimum absolute atomic E-state index is 0.243. The molecule has 0 spiro atoms. The van der Waals surface area contributed by atoms with Crippen LogP contribution in [0.15, 0.2) is 36.4 Å². The van der Waals surface area contributed by atoms with Crippen molar-refractivity contribution in [3.05, 3.63) is 58.7 Å². The quantitative estimate of drug-likeness (QED) is 0.488. The highest BCUT2D eigenvalue weighted by Gasteiger charge is 2.26. The summed E-state index contributed by atoms with van der Waals surface area (Å²) in [4.78, 5) is 35.0. The normalized spacial score (nSPS) is 14.4. The number of carbonyl (C=O) groups excluding carboxylic acids is 2. The Balaban J connectivity index is 1.67. The molecule has 2 heterocycles. The minimum Gasteiger partial charge on any atom is -0.465 e. The zero-order valence-corrected chi connectivity index (χ0v) is 20.1. The summed E-state index contributed by atoms with van der Waals surface area (Å²) in [5.74, 6) is -0.768. The summed E-state index contributed by atoms with van der Waals surface area (Å²) in [6, 6.07) is 10.9. The van der Waals surface area contributed by atoms with E-state index in [2.05, 4.69) is 24.0 Å². The Labute approximate surface area is 197 Å². The predicted octanol–water partition coefficient (Wildman–Crippen LogP) is 4.07. The molecule has 1 amide bonds. The first-order valence-electron chi connectivity index (χ1n) is 11.2. The molecule has 3 aromatic rings. The van der Waals surface area contributed by atoms with Crippen LogP contribution in [0.1, 0.15) is 38.3 Å². The number of rotatable bonds is 7. The smallest absolute Gasteiger partial charge is 0.338 e. The molecule has 1 aliphatic rings. The van der Waals surface area contributed by atoms with Crippen LogP contribution >= 0.6 is 11.3 Å². The van der Waals surface area contributed by atoms with E-state index in [1.54, 1.807) is 29.2 Å². The number of anilines is 1. The Bertz CT molecular complexity index is 1110. The van der Waals surface area contributed by atoms with Gasteiger partial charge in [-0.3, -0.25) is 14.6 Å². The van der Waals surface area contributed by atoms with Crippen LogP contribution in [0.3, 0.4) is 0 Å². The molecule has 4 rings (SSSR count). The van der Waals surface area contributed by atoms with E-state index in [0.29, 0.717) is 17.2 Å². The fourth-order valence-electron chi connectivity index (χ4n) is 4.03. The summed E-state index contributed by atoms with van der Waals surface area (Å²) >= 11 is 1.52. The third kappa shape index (κ3) is 5.08. The molecular weight excluding hydrogens is 438 g/mol. The molecule has 2 aromatic carbocycles. The maximum absolute atomic E-state index is 13.8. The number of hydrogen-bond donors (Lipinski definition) is 0. The van der Waals surface area contributed by atoms with Gasteiger partial charge in [-0.05, 0) is 43.5 Å². The molecule has 1 fully saturated rings. The number of benzene rings is 2. The van der Waals surface area contributed by atoms with Gasteiger partial charge in [0.1, 0.15) is 0 Å². The van der Waals surface area contributed by atoms with Gasteiger partial charge in [0.05, 0.1) is 41.7 Å². The van der Waals surface area contributed by atoms with Gasteiger partial charge in [0.25, 0.3) is 5.91 Å². The van der Waals surface area contributed by atoms with Gasteiger partial charge < -0.3 is 9.47 Å². The van der Waals surface area contributed by atoms with Crippen molar-refractivity contribution in [2.24, 2.45) is 0 Å². The first kappa shape index (κ1) is 23.4. The Kier molecular flexibility index (Phi) is 7.37. The lowest BCUT2D eigenvalue weighted by Crippen LogP contribution is -2.39. The molecule has 7 nitrogen and oxygen atoms in total. The van der Waals surface area contributed by atoms with Crippen molar-refractivity contribution in [2.45, 2.75) is 20.3 Å². The molecule has 1 aromatic heterocycles. The third-order valence-corrected chi connectivity index (χ3v) is 7.14. The van der Waals surface area contributed by atoms with Crippen molar-refractivity contribution in [1.29, 1.82) is 0 Å². The van der Waals surface area contributed by atoms with Gasteiger partial charge in [-0.15, -0.1) is 0 Å². The van der Waals surface area contributed by atoms with E-state index in [9.17, 15) is 9.59 Å². The number of morpholine rings is 1. The highest BCUT2D eigenvalue weighted by molar-refractivity contribution is 7.22.